The van der Waals surface area contributed by atoms with Gasteiger partial charge in [-0.1, -0.05) is 11.3 Å². The molecule has 1 atom stereocenters. The standard InChI is InChI=1S/C17H20F3N3O4S/c1-25-8-6-21-15(24)23(10-12-3-2-7-26-12)16-22-13-5-4-11(9-14(13)28-16)27-17(18,19)20/h4-5,9,12H,2-3,6-8,10H2,1H3,(H,21,24). The zero-order chi connectivity index (χ0) is 20.1. The maximum Gasteiger partial charge on any atom is 0.573 e. The molecule has 0 spiro atoms. The molecule has 1 fully saturated rings. The molecule has 7 nitrogen and oxygen atoms in total. The molecule has 2 amide bonds. The number of aromatic nitrogens is 1. The molecule has 0 radical (unpaired) electrons. The van der Waals surface area contributed by atoms with Crippen molar-refractivity contribution in [2.75, 3.05) is 38.3 Å². The number of benzene rings is 1. The molecule has 3 rings (SSSR count). The number of fused-ring (bicyclic) bond motifs is 1. The molecule has 1 aromatic carbocycles. The molecule has 28 heavy (non-hydrogen) atoms. The SMILES string of the molecule is COCCNC(=O)N(CC1CCCO1)c1nc2ccc(OC(F)(F)F)cc2s1. The minimum atomic E-state index is -4.77. The number of amides is 2. The summed E-state index contributed by atoms with van der Waals surface area (Å²) in [5, 5.41) is 3.12. The van der Waals surface area contributed by atoms with E-state index >= 15 is 0 Å². The van der Waals surface area contributed by atoms with Crippen LogP contribution in [0, 0.1) is 0 Å². The van der Waals surface area contributed by atoms with E-state index in [1.54, 1.807) is 0 Å². The van der Waals surface area contributed by atoms with Crippen LogP contribution in [0.1, 0.15) is 12.8 Å². The molecule has 11 heteroatoms. The van der Waals surface area contributed by atoms with Gasteiger partial charge in [-0.05, 0) is 25.0 Å². The summed E-state index contributed by atoms with van der Waals surface area (Å²) in [6.45, 7) is 1.63. The third-order valence-corrected chi connectivity index (χ3v) is 5.09. The Hall–Kier alpha value is -2.11. The van der Waals surface area contributed by atoms with Gasteiger partial charge in [-0.25, -0.2) is 9.78 Å². The van der Waals surface area contributed by atoms with Crippen LogP contribution in [0.4, 0.5) is 23.1 Å². The van der Waals surface area contributed by atoms with E-state index in [0.29, 0.717) is 41.7 Å². The Balaban J connectivity index is 1.82. The average Bonchev–Trinajstić information content (AvgIpc) is 3.27. The van der Waals surface area contributed by atoms with E-state index < -0.39 is 6.36 Å². The number of nitrogens with zero attached hydrogens (tertiary/aromatic N) is 2. The molecule has 1 N–H and O–H groups in total. The largest absolute Gasteiger partial charge is 0.573 e. The van der Waals surface area contributed by atoms with E-state index in [4.69, 9.17) is 9.47 Å². The van der Waals surface area contributed by atoms with Crippen molar-refractivity contribution in [2.45, 2.75) is 25.3 Å². The third-order valence-electron chi connectivity index (χ3n) is 4.05. The van der Waals surface area contributed by atoms with Crippen molar-refractivity contribution in [2.24, 2.45) is 0 Å². The van der Waals surface area contributed by atoms with Crippen LogP contribution >= 0.6 is 11.3 Å². The molecule has 0 saturated carbocycles. The van der Waals surface area contributed by atoms with Gasteiger partial charge in [-0.3, -0.25) is 4.90 Å². The van der Waals surface area contributed by atoms with Crippen molar-refractivity contribution in [1.29, 1.82) is 0 Å². The second-order valence-corrected chi connectivity index (χ2v) is 7.15. The number of nitrogens with one attached hydrogen (secondary N) is 1. The maximum atomic E-state index is 12.6. The normalized spacial score (nSPS) is 17.1. The van der Waals surface area contributed by atoms with Crippen LogP contribution in [-0.4, -0.2) is 56.9 Å². The first-order valence-corrected chi connectivity index (χ1v) is 9.49. The van der Waals surface area contributed by atoms with Crippen LogP contribution in [0.5, 0.6) is 5.75 Å². The minimum Gasteiger partial charge on any atom is -0.406 e. The fraction of sp³-hybridized carbons (Fsp3) is 0.529. The second-order valence-electron chi connectivity index (χ2n) is 6.14. The van der Waals surface area contributed by atoms with Crippen LogP contribution in [0.25, 0.3) is 10.2 Å². The van der Waals surface area contributed by atoms with Gasteiger partial charge in [-0.2, -0.15) is 0 Å². The van der Waals surface area contributed by atoms with Gasteiger partial charge >= 0.3 is 12.4 Å². The number of hydrogen-bond donors (Lipinski definition) is 1. The Morgan fingerprint density at radius 1 is 1.46 bits per heavy atom. The summed E-state index contributed by atoms with van der Waals surface area (Å²) in [5.41, 5.74) is 0.483. The van der Waals surface area contributed by atoms with Crippen molar-refractivity contribution in [3.63, 3.8) is 0 Å². The van der Waals surface area contributed by atoms with Crippen molar-refractivity contribution < 1.29 is 32.2 Å². The lowest BCUT2D eigenvalue weighted by molar-refractivity contribution is -0.274. The Bertz CT molecular complexity index is 809. The Morgan fingerprint density at radius 3 is 2.96 bits per heavy atom. The smallest absolute Gasteiger partial charge is 0.406 e. The molecular weight excluding hydrogens is 399 g/mol. The van der Waals surface area contributed by atoms with E-state index in [2.05, 4.69) is 15.0 Å². The van der Waals surface area contributed by atoms with Crippen LogP contribution < -0.4 is 15.0 Å². The van der Waals surface area contributed by atoms with E-state index in [-0.39, 0.29) is 17.9 Å². The lowest BCUT2D eigenvalue weighted by Gasteiger charge is -2.23. The second kappa shape index (κ2) is 8.93. The van der Waals surface area contributed by atoms with Crippen LogP contribution in [-0.2, 0) is 9.47 Å². The molecule has 0 bridgehead atoms. The number of methoxy groups -OCH3 is 1. The third kappa shape index (κ3) is 5.46. The number of anilines is 1. The summed E-state index contributed by atoms with van der Waals surface area (Å²) in [5.74, 6) is -0.328. The summed E-state index contributed by atoms with van der Waals surface area (Å²) in [7, 11) is 1.53. The number of rotatable bonds is 7. The first-order valence-electron chi connectivity index (χ1n) is 8.68. The number of hydrogen-bond acceptors (Lipinski definition) is 6. The molecule has 2 heterocycles. The van der Waals surface area contributed by atoms with Gasteiger partial charge in [0.25, 0.3) is 0 Å². The predicted octanol–water partition coefficient (Wildman–Crippen LogP) is 3.54. The molecule has 1 aliphatic rings. The van der Waals surface area contributed by atoms with Gasteiger partial charge in [0.1, 0.15) is 5.75 Å². The maximum absolute atomic E-state index is 12.6. The summed E-state index contributed by atoms with van der Waals surface area (Å²) < 4.78 is 52.3. The Labute approximate surface area is 163 Å². The molecule has 1 aliphatic heterocycles. The van der Waals surface area contributed by atoms with Crippen LogP contribution in [0.2, 0.25) is 0 Å². The molecular formula is C17H20F3N3O4S. The highest BCUT2D eigenvalue weighted by Gasteiger charge is 2.31. The van der Waals surface area contributed by atoms with Crippen molar-refractivity contribution in [3.05, 3.63) is 18.2 Å². The fourth-order valence-corrected chi connectivity index (χ4v) is 3.80. The lowest BCUT2D eigenvalue weighted by atomic mass is 10.2. The summed E-state index contributed by atoms with van der Waals surface area (Å²) in [6, 6.07) is 3.53. The predicted molar refractivity (Wildman–Crippen MR) is 97.9 cm³/mol. The van der Waals surface area contributed by atoms with E-state index in [1.807, 2.05) is 0 Å². The number of carbonyl (C=O) groups excluding carboxylic acids is 1. The van der Waals surface area contributed by atoms with E-state index in [1.165, 1.54) is 30.2 Å². The number of halogens is 3. The molecule has 2 aromatic rings. The van der Waals surface area contributed by atoms with Gasteiger partial charge in [0.15, 0.2) is 5.13 Å². The summed E-state index contributed by atoms with van der Waals surface area (Å²) in [6.07, 6.45) is -3.13. The minimum absolute atomic E-state index is 0.107. The van der Waals surface area contributed by atoms with E-state index in [9.17, 15) is 18.0 Å². The summed E-state index contributed by atoms with van der Waals surface area (Å²) >= 11 is 1.12. The molecule has 1 unspecified atom stereocenters. The van der Waals surface area contributed by atoms with Gasteiger partial charge in [-0.15, -0.1) is 13.2 Å². The fourth-order valence-electron chi connectivity index (χ4n) is 2.80. The lowest BCUT2D eigenvalue weighted by Crippen LogP contribution is -2.44. The number of urea groups is 1. The van der Waals surface area contributed by atoms with Crippen molar-refractivity contribution >= 4 is 32.7 Å². The Morgan fingerprint density at radius 2 is 2.29 bits per heavy atom. The quantitative estimate of drug-likeness (QED) is 0.695. The number of alkyl halides is 3. The molecule has 0 aliphatic carbocycles. The highest BCUT2D eigenvalue weighted by atomic mass is 32.1. The van der Waals surface area contributed by atoms with Gasteiger partial charge in [0.05, 0.1) is 29.5 Å². The monoisotopic (exact) mass is 419 g/mol. The van der Waals surface area contributed by atoms with Crippen molar-refractivity contribution in [3.8, 4) is 5.75 Å². The average molecular weight is 419 g/mol. The van der Waals surface area contributed by atoms with Crippen LogP contribution in [0.15, 0.2) is 18.2 Å². The van der Waals surface area contributed by atoms with Gasteiger partial charge in [0.2, 0.25) is 0 Å². The number of ether oxygens (including phenoxy) is 3. The summed E-state index contributed by atoms with van der Waals surface area (Å²) in [4.78, 5) is 18.5. The Kier molecular flexibility index (Phi) is 6.57. The first-order chi connectivity index (χ1) is 13.4. The van der Waals surface area contributed by atoms with Gasteiger partial charge < -0.3 is 19.5 Å². The number of thiazole rings is 1. The van der Waals surface area contributed by atoms with Crippen LogP contribution in [0.3, 0.4) is 0 Å². The molecule has 154 valence electrons. The van der Waals surface area contributed by atoms with Gasteiger partial charge in [0, 0.05) is 26.3 Å². The van der Waals surface area contributed by atoms with E-state index in [0.717, 1.165) is 24.2 Å². The highest BCUT2D eigenvalue weighted by Crippen LogP contribution is 2.33. The topological polar surface area (TPSA) is 72.9 Å². The molecule has 1 aromatic heterocycles. The molecule has 1 saturated heterocycles. The highest BCUT2D eigenvalue weighted by molar-refractivity contribution is 7.22. The number of carbonyl (C=O) groups is 1. The first kappa shape index (κ1) is 20.6. The zero-order valence-electron chi connectivity index (χ0n) is 15.1. The zero-order valence-corrected chi connectivity index (χ0v) is 15.9. The van der Waals surface area contributed by atoms with Crippen molar-refractivity contribution in [1.82, 2.24) is 10.3 Å².